The predicted octanol–water partition coefficient (Wildman–Crippen LogP) is 3.03. The average Bonchev–Trinajstić information content (AvgIpc) is 2.95. The van der Waals surface area contributed by atoms with Crippen LogP contribution in [0.4, 0.5) is 0 Å². The fourth-order valence-electron chi connectivity index (χ4n) is 3.84. The van der Waals surface area contributed by atoms with Crippen LogP contribution in [0.3, 0.4) is 0 Å². The minimum absolute atomic E-state index is 0.237. The molecule has 0 aliphatic carbocycles. The predicted molar refractivity (Wildman–Crippen MR) is 130 cm³/mol. The Kier molecular flexibility index (Phi) is 8.63. The van der Waals surface area contributed by atoms with Gasteiger partial charge in [0.1, 0.15) is 18.8 Å². The topological polar surface area (TPSA) is 118 Å². The highest BCUT2D eigenvalue weighted by Gasteiger charge is 2.50. The summed E-state index contributed by atoms with van der Waals surface area (Å²) in [5.74, 6) is -2.09. The quantitative estimate of drug-likeness (QED) is 0.363. The molecule has 0 saturated carbocycles. The molecule has 0 bridgehead atoms. The molecule has 37 heavy (non-hydrogen) atoms. The minimum atomic E-state index is -1.56. The van der Waals surface area contributed by atoms with E-state index in [9.17, 15) is 19.5 Å². The van der Waals surface area contributed by atoms with E-state index in [0.29, 0.717) is 5.56 Å². The first-order valence-electron chi connectivity index (χ1n) is 11.6. The second-order valence-electron chi connectivity index (χ2n) is 8.21. The van der Waals surface area contributed by atoms with Crippen molar-refractivity contribution >= 4 is 17.9 Å². The molecule has 0 unspecified atom stereocenters. The minimum Gasteiger partial charge on any atom is -0.459 e. The zero-order valence-electron chi connectivity index (χ0n) is 20.0. The third-order valence-electron chi connectivity index (χ3n) is 5.74. The molecule has 1 heterocycles. The number of esters is 3. The van der Waals surface area contributed by atoms with Gasteiger partial charge in [-0.15, -0.1) is 0 Å². The smallest absolute Gasteiger partial charge is 0.338 e. The van der Waals surface area contributed by atoms with E-state index in [-0.39, 0.29) is 17.7 Å². The summed E-state index contributed by atoms with van der Waals surface area (Å²) in [5, 5.41) is 11.2. The first-order valence-corrected chi connectivity index (χ1v) is 11.6. The Balaban J connectivity index is 1.55. The van der Waals surface area contributed by atoms with Gasteiger partial charge in [0.05, 0.1) is 16.7 Å². The number of rotatable bonds is 8. The lowest BCUT2D eigenvalue weighted by atomic mass is 9.98. The van der Waals surface area contributed by atoms with Gasteiger partial charge in [-0.05, 0) is 36.4 Å². The number of methoxy groups -OCH3 is 1. The third kappa shape index (κ3) is 6.39. The number of aliphatic hydroxyl groups excluding tert-OH is 1. The highest BCUT2D eigenvalue weighted by Crippen LogP contribution is 2.28. The third-order valence-corrected chi connectivity index (χ3v) is 5.74. The van der Waals surface area contributed by atoms with Crippen molar-refractivity contribution in [1.82, 2.24) is 0 Å². The van der Waals surface area contributed by atoms with E-state index >= 15 is 0 Å². The SMILES string of the molecule is CO[C@H]1O[C@H](COC(=O)c2ccccc2)[C@H](OC(=O)c2ccccc2)[C@H](O)[C@@H]1OC(=O)c1ccccc1. The summed E-state index contributed by atoms with van der Waals surface area (Å²) in [6.07, 6.45) is -6.59. The number of hydrogen-bond donors (Lipinski definition) is 1. The molecule has 1 N–H and O–H groups in total. The van der Waals surface area contributed by atoms with Crippen molar-refractivity contribution in [1.29, 1.82) is 0 Å². The number of carbonyl (C=O) groups is 3. The van der Waals surface area contributed by atoms with Crippen molar-refractivity contribution in [3.05, 3.63) is 108 Å². The Morgan fingerprint density at radius 3 is 1.59 bits per heavy atom. The van der Waals surface area contributed by atoms with Crippen LogP contribution in [0.2, 0.25) is 0 Å². The fraction of sp³-hybridized carbons (Fsp3) is 0.250. The van der Waals surface area contributed by atoms with Crippen molar-refractivity contribution in [2.24, 2.45) is 0 Å². The van der Waals surface area contributed by atoms with Gasteiger partial charge in [-0.2, -0.15) is 0 Å². The molecule has 0 amide bonds. The van der Waals surface area contributed by atoms with Crippen molar-refractivity contribution in [3.63, 3.8) is 0 Å². The van der Waals surface area contributed by atoms with E-state index in [1.54, 1.807) is 91.0 Å². The molecule has 1 fully saturated rings. The Morgan fingerprint density at radius 1 is 0.703 bits per heavy atom. The summed E-state index contributed by atoms with van der Waals surface area (Å²) in [5.41, 5.74) is 0.803. The summed E-state index contributed by atoms with van der Waals surface area (Å²) in [7, 11) is 1.31. The molecular formula is C28H26O9. The second kappa shape index (κ2) is 12.3. The zero-order valence-corrected chi connectivity index (χ0v) is 20.0. The summed E-state index contributed by atoms with van der Waals surface area (Å²) < 4.78 is 27.7. The van der Waals surface area contributed by atoms with E-state index in [1.807, 2.05) is 0 Å². The molecule has 1 saturated heterocycles. The lowest BCUT2D eigenvalue weighted by Crippen LogP contribution is -2.61. The Bertz CT molecular complexity index is 1180. The number of benzene rings is 3. The Morgan fingerprint density at radius 2 is 1.14 bits per heavy atom. The molecule has 1 aliphatic heterocycles. The van der Waals surface area contributed by atoms with Gasteiger partial charge < -0.3 is 28.8 Å². The van der Waals surface area contributed by atoms with Gasteiger partial charge in [0, 0.05) is 7.11 Å². The van der Waals surface area contributed by atoms with E-state index in [0.717, 1.165) is 0 Å². The molecule has 192 valence electrons. The molecule has 4 rings (SSSR count). The maximum Gasteiger partial charge on any atom is 0.338 e. The van der Waals surface area contributed by atoms with Crippen LogP contribution in [0.25, 0.3) is 0 Å². The summed E-state index contributed by atoms with van der Waals surface area (Å²) in [4.78, 5) is 38.0. The average molecular weight is 507 g/mol. The molecule has 3 aromatic rings. The monoisotopic (exact) mass is 506 g/mol. The van der Waals surface area contributed by atoms with Crippen LogP contribution in [0, 0.1) is 0 Å². The fourth-order valence-corrected chi connectivity index (χ4v) is 3.84. The van der Waals surface area contributed by atoms with Gasteiger partial charge in [0.15, 0.2) is 18.5 Å². The standard InChI is InChI=1S/C28H26O9/c1-33-28-24(37-27(32)20-15-9-4-10-16-20)22(29)23(36-26(31)19-13-7-3-8-14-19)21(35-28)17-34-25(30)18-11-5-2-6-12-18/h2-16,21-24,28-29H,17H2,1H3/t21-,22+,23+,24+,28+/m1/s1. The lowest BCUT2D eigenvalue weighted by Gasteiger charge is -2.42. The van der Waals surface area contributed by atoms with Crippen molar-refractivity contribution in [2.45, 2.75) is 30.7 Å². The summed E-state index contributed by atoms with van der Waals surface area (Å²) in [6.45, 7) is -0.364. The zero-order chi connectivity index (χ0) is 26.2. The van der Waals surface area contributed by atoms with Gasteiger partial charge in [-0.25, -0.2) is 14.4 Å². The maximum atomic E-state index is 12.8. The largest absolute Gasteiger partial charge is 0.459 e. The molecule has 0 radical (unpaired) electrons. The molecular weight excluding hydrogens is 480 g/mol. The van der Waals surface area contributed by atoms with E-state index in [1.165, 1.54) is 7.11 Å². The lowest BCUT2D eigenvalue weighted by molar-refractivity contribution is -0.292. The Labute approximate surface area is 213 Å². The molecule has 0 aromatic heterocycles. The number of carbonyl (C=O) groups excluding carboxylic acids is 3. The first kappa shape index (κ1) is 26.0. The van der Waals surface area contributed by atoms with Gasteiger partial charge >= 0.3 is 17.9 Å². The van der Waals surface area contributed by atoms with Gasteiger partial charge in [0.25, 0.3) is 0 Å². The van der Waals surface area contributed by atoms with Crippen LogP contribution in [0.15, 0.2) is 91.0 Å². The van der Waals surface area contributed by atoms with Crippen LogP contribution in [-0.2, 0) is 23.7 Å². The molecule has 9 heteroatoms. The number of aliphatic hydroxyl groups is 1. The molecule has 3 aromatic carbocycles. The molecule has 1 aliphatic rings. The molecule has 5 atom stereocenters. The Hall–Kier alpha value is -4.05. The highest BCUT2D eigenvalue weighted by atomic mass is 16.7. The second-order valence-corrected chi connectivity index (χ2v) is 8.21. The van der Waals surface area contributed by atoms with Crippen LogP contribution in [0.5, 0.6) is 0 Å². The van der Waals surface area contributed by atoms with Crippen LogP contribution in [0.1, 0.15) is 31.1 Å². The highest BCUT2D eigenvalue weighted by molar-refractivity contribution is 5.90. The number of ether oxygens (including phenoxy) is 5. The van der Waals surface area contributed by atoms with Crippen molar-refractivity contribution in [2.75, 3.05) is 13.7 Å². The van der Waals surface area contributed by atoms with Crippen LogP contribution >= 0.6 is 0 Å². The van der Waals surface area contributed by atoms with E-state index in [2.05, 4.69) is 0 Å². The van der Waals surface area contributed by atoms with Crippen LogP contribution < -0.4 is 0 Å². The first-order chi connectivity index (χ1) is 18.0. The summed E-state index contributed by atoms with van der Waals surface area (Å²) in [6, 6.07) is 24.7. The van der Waals surface area contributed by atoms with Gasteiger partial charge in [0.2, 0.25) is 0 Å². The normalized spacial score (nSPS) is 23.0. The number of hydrogen-bond acceptors (Lipinski definition) is 9. The molecule has 9 nitrogen and oxygen atoms in total. The van der Waals surface area contributed by atoms with Crippen molar-refractivity contribution < 1.29 is 43.2 Å². The van der Waals surface area contributed by atoms with Gasteiger partial charge in [-0.3, -0.25) is 0 Å². The van der Waals surface area contributed by atoms with Gasteiger partial charge in [-0.1, -0.05) is 54.6 Å². The summed E-state index contributed by atoms with van der Waals surface area (Å²) >= 11 is 0. The molecule has 0 spiro atoms. The van der Waals surface area contributed by atoms with Crippen molar-refractivity contribution in [3.8, 4) is 0 Å². The van der Waals surface area contributed by atoms with Crippen LogP contribution in [-0.4, -0.2) is 67.4 Å². The van der Waals surface area contributed by atoms with E-state index in [4.69, 9.17) is 23.7 Å². The maximum absolute atomic E-state index is 12.8. The van der Waals surface area contributed by atoms with E-state index < -0.39 is 48.6 Å².